The molecule has 0 spiro atoms. The lowest BCUT2D eigenvalue weighted by atomic mass is 10.1. The van der Waals surface area contributed by atoms with Crippen LogP contribution in [0.2, 0.25) is 0 Å². The van der Waals surface area contributed by atoms with Crippen molar-refractivity contribution in [1.29, 1.82) is 0 Å². The molecule has 4 heteroatoms. The van der Waals surface area contributed by atoms with Crippen LogP contribution in [0.3, 0.4) is 0 Å². The highest BCUT2D eigenvalue weighted by Crippen LogP contribution is 2.22. The van der Waals surface area contributed by atoms with Crippen molar-refractivity contribution in [3.63, 3.8) is 0 Å². The summed E-state index contributed by atoms with van der Waals surface area (Å²) < 4.78 is 5.75. The van der Waals surface area contributed by atoms with Gasteiger partial charge in [-0.25, -0.2) is 0 Å². The lowest BCUT2D eigenvalue weighted by Crippen LogP contribution is -2.48. The van der Waals surface area contributed by atoms with E-state index < -0.39 is 0 Å². The minimum absolute atomic E-state index is 0.0434. The zero-order valence-corrected chi connectivity index (χ0v) is 11.4. The monoisotopic (exact) mass is 252 g/mol. The van der Waals surface area contributed by atoms with Crippen molar-refractivity contribution in [1.82, 2.24) is 10.0 Å². The zero-order valence-electron chi connectivity index (χ0n) is 11.4. The van der Waals surface area contributed by atoms with E-state index in [0.717, 1.165) is 37.1 Å². The summed E-state index contributed by atoms with van der Waals surface area (Å²) in [5.74, 6) is 0. The number of hydrazine groups is 1. The normalized spacial score (nSPS) is 20.3. The van der Waals surface area contributed by atoms with Crippen LogP contribution in [0.25, 0.3) is 0 Å². The Bertz CT molecular complexity index is 320. The van der Waals surface area contributed by atoms with Gasteiger partial charge in [0.15, 0.2) is 0 Å². The van der Waals surface area contributed by atoms with E-state index in [4.69, 9.17) is 4.74 Å². The Morgan fingerprint density at radius 3 is 2.61 bits per heavy atom. The first-order valence-corrected chi connectivity index (χ1v) is 6.31. The van der Waals surface area contributed by atoms with Gasteiger partial charge in [-0.1, -0.05) is 24.8 Å². The third-order valence-corrected chi connectivity index (χ3v) is 2.86. The molecule has 1 fully saturated rings. The number of allylic oxidation sites excluding steroid dienone is 3. The van der Waals surface area contributed by atoms with E-state index in [1.54, 1.807) is 5.01 Å². The third kappa shape index (κ3) is 4.29. The molecule has 0 aromatic heterocycles. The van der Waals surface area contributed by atoms with Crippen molar-refractivity contribution < 1.29 is 9.84 Å². The third-order valence-electron chi connectivity index (χ3n) is 2.86. The molecule has 1 aliphatic heterocycles. The predicted molar refractivity (Wildman–Crippen MR) is 73.4 cm³/mol. The molecule has 0 saturated carbocycles. The molecule has 1 unspecified atom stereocenters. The molecule has 1 saturated heterocycles. The van der Waals surface area contributed by atoms with Crippen LogP contribution >= 0.6 is 0 Å². The molecule has 0 aromatic rings. The number of hydrogen-bond acceptors (Lipinski definition) is 4. The Kier molecular flexibility index (Phi) is 6.12. The summed E-state index contributed by atoms with van der Waals surface area (Å²) in [6, 6.07) is 0. The fourth-order valence-corrected chi connectivity index (χ4v) is 1.92. The molecule has 0 aromatic carbocycles. The number of ether oxygens (including phenoxy) is 1. The van der Waals surface area contributed by atoms with Crippen molar-refractivity contribution in [2.45, 2.75) is 32.4 Å². The van der Waals surface area contributed by atoms with E-state index in [9.17, 15) is 5.11 Å². The molecule has 1 aliphatic rings. The van der Waals surface area contributed by atoms with Gasteiger partial charge in [-0.2, -0.15) is 5.01 Å². The number of hydrogen-bond donors (Lipinski definition) is 1. The van der Waals surface area contributed by atoms with Gasteiger partial charge in [-0.15, -0.1) is 0 Å². The first kappa shape index (κ1) is 15.0. The van der Waals surface area contributed by atoms with Crippen LogP contribution in [0.1, 0.15) is 26.2 Å². The first-order valence-electron chi connectivity index (χ1n) is 6.31. The Morgan fingerprint density at radius 1 is 1.39 bits per heavy atom. The lowest BCUT2D eigenvalue weighted by molar-refractivity contribution is -0.169. The highest BCUT2D eigenvalue weighted by atomic mass is 16.5. The van der Waals surface area contributed by atoms with Crippen molar-refractivity contribution in [3.05, 3.63) is 36.6 Å². The Hall–Kier alpha value is -1.10. The van der Waals surface area contributed by atoms with Crippen LogP contribution in [-0.4, -0.2) is 41.7 Å². The van der Waals surface area contributed by atoms with Crippen molar-refractivity contribution in [2.24, 2.45) is 0 Å². The highest BCUT2D eigenvalue weighted by molar-refractivity contribution is 5.22. The minimum Gasteiger partial charge on any atom is -0.379 e. The standard InChI is InChI=1S/C14H24N2O2/c1-12(2)8-9-13(3)16(15(4)11-17)14-7-5-6-10-18-14/h8-9,14,17H,1,3,5-7,10-11H2,2,4H3/b9-8-. The summed E-state index contributed by atoms with van der Waals surface area (Å²) in [5, 5.41) is 12.9. The Labute approximate surface area is 110 Å². The van der Waals surface area contributed by atoms with Crippen LogP contribution < -0.4 is 0 Å². The van der Waals surface area contributed by atoms with Crippen LogP contribution in [0.15, 0.2) is 36.6 Å². The second-order valence-electron chi connectivity index (χ2n) is 4.64. The van der Waals surface area contributed by atoms with Gasteiger partial charge in [0.25, 0.3) is 0 Å². The average Bonchev–Trinajstić information content (AvgIpc) is 2.37. The number of nitrogens with zero attached hydrogens (tertiary/aromatic N) is 2. The van der Waals surface area contributed by atoms with Gasteiger partial charge in [0.05, 0.1) is 0 Å². The fraction of sp³-hybridized carbons (Fsp3) is 0.571. The summed E-state index contributed by atoms with van der Waals surface area (Å²) in [5.41, 5.74) is 1.76. The number of aliphatic hydroxyl groups is 1. The molecule has 0 aliphatic carbocycles. The maximum Gasteiger partial charge on any atom is 0.144 e. The smallest absolute Gasteiger partial charge is 0.144 e. The molecule has 1 atom stereocenters. The summed E-state index contributed by atoms with van der Waals surface area (Å²) >= 11 is 0. The van der Waals surface area contributed by atoms with E-state index in [-0.39, 0.29) is 13.0 Å². The molecule has 1 N–H and O–H groups in total. The largest absolute Gasteiger partial charge is 0.379 e. The van der Waals surface area contributed by atoms with Gasteiger partial charge in [0.1, 0.15) is 13.0 Å². The fourth-order valence-electron chi connectivity index (χ4n) is 1.92. The summed E-state index contributed by atoms with van der Waals surface area (Å²) in [4.78, 5) is 0. The second-order valence-corrected chi connectivity index (χ2v) is 4.64. The summed E-state index contributed by atoms with van der Waals surface area (Å²) in [6.07, 6.45) is 6.94. The van der Waals surface area contributed by atoms with Crippen LogP contribution in [0.5, 0.6) is 0 Å². The molecular weight excluding hydrogens is 228 g/mol. The molecule has 18 heavy (non-hydrogen) atoms. The predicted octanol–water partition coefficient (Wildman–Crippen LogP) is 2.26. The van der Waals surface area contributed by atoms with Gasteiger partial charge in [-0.3, -0.25) is 5.01 Å². The van der Waals surface area contributed by atoms with Gasteiger partial charge >= 0.3 is 0 Å². The van der Waals surface area contributed by atoms with Gasteiger partial charge in [-0.05, 0) is 32.3 Å². The summed E-state index contributed by atoms with van der Waals surface area (Å²) in [7, 11) is 1.82. The molecule has 0 amide bonds. The van der Waals surface area contributed by atoms with E-state index >= 15 is 0 Å². The van der Waals surface area contributed by atoms with E-state index in [1.165, 1.54) is 0 Å². The van der Waals surface area contributed by atoms with Gasteiger partial charge < -0.3 is 9.84 Å². The lowest BCUT2D eigenvalue weighted by Gasteiger charge is -2.40. The van der Waals surface area contributed by atoms with Crippen molar-refractivity contribution in [2.75, 3.05) is 20.4 Å². The second kappa shape index (κ2) is 7.36. The van der Waals surface area contributed by atoms with Crippen LogP contribution in [0, 0.1) is 0 Å². The molecule has 0 bridgehead atoms. The maximum absolute atomic E-state index is 9.31. The van der Waals surface area contributed by atoms with Crippen molar-refractivity contribution >= 4 is 0 Å². The topological polar surface area (TPSA) is 35.9 Å². The maximum atomic E-state index is 9.31. The first-order chi connectivity index (χ1) is 8.56. The average molecular weight is 252 g/mol. The minimum atomic E-state index is -0.0697. The molecule has 102 valence electrons. The number of rotatable bonds is 6. The van der Waals surface area contributed by atoms with Crippen molar-refractivity contribution in [3.8, 4) is 0 Å². The quantitative estimate of drug-likeness (QED) is 0.447. The molecule has 1 heterocycles. The Balaban J connectivity index is 2.76. The molecule has 1 rings (SSSR count). The molecule has 0 radical (unpaired) electrons. The highest BCUT2D eigenvalue weighted by Gasteiger charge is 2.25. The van der Waals surface area contributed by atoms with E-state index in [1.807, 2.05) is 31.1 Å². The van der Waals surface area contributed by atoms with E-state index in [0.29, 0.717) is 0 Å². The SMILES string of the molecule is C=C(C)/C=C\C(=C)N(C1CCCCO1)N(C)CO. The Morgan fingerprint density at radius 2 is 2.11 bits per heavy atom. The van der Waals surface area contributed by atoms with Gasteiger partial charge in [0, 0.05) is 19.4 Å². The number of aliphatic hydroxyl groups excluding tert-OH is 1. The summed E-state index contributed by atoms with van der Waals surface area (Å²) in [6.45, 7) is 10.5. The van der Waals surface area contributed by atoms with Gasteiger partial charge in [0.2, 0.25) is 0 Å². The zero-order chi connectivity index (χ0) is 13.5. The van der Waals surface area contributed by atoms with Crippen LogP contribution in [-0.2, 0) is 4.74 Å². The van der Waals surface area contributed by atoms with Crippen LogP contribution in [0.4, 0.5) is 0 Å². The molecular formula is C14H24N2O2. The molecule has 4 nitrogen and oxygen atoms in total. The van der Waals surface area contributed by atoms with E-state index in [2.05, 4.69) is 13.2 Å².